The van der Waals surface area contributed by atoms with Crippen molar-refractivity contribution in [2.45, 2.75) is 6.92 Å². The number of methoxy groups -OCH3 is 1. The second-order valence-electron chi connectivity index (χ2n) is 7.21. The smallest absolute Gasteiger partial charge is 0.271 e. The lowest BCUT2D eigenvalue weighted by Crippen LogP contribution is -2.20. The van der Waals surface area contributed by atoms with E-state index in [0.29, 0.717) is 35.1 Å². The molecule has 0 aliphatic heterocycles. The minimum atomic E-state index is -0.545. The highest BCUT2D eigenvalue weighted by Gasteiger charge is 2.11. The van der Waals surface area contributed by atoms with Gasteiger partial charge in [-0.3, -0.25) is 19.7 Å². The molecule has 0 radical (unpaired) electrons. The Labute approximate surface area is 206 Å². The Hall–Kier alpha value is -4.93. The van der Waals surface area contributed by atoms with Gasteiger partial charge in [-0.05, 0) is 67.1 Å². The summed E-state index contributed by atoms with van der Waals surface area (Å²) < 4.78 is 16.3. The number of non-ortho nitro benzene ring substituents is 1. The van der Waals surface area contributed by atoms with Gasteiger partial charge in [0.25, 0.3) is 17.5 Å². The molecule has 11 heteroatoms. The molecule has 11 nitrogen and oxygen atoms in total. The van der Waals surface area contributed by atoms with Crippen LogP contribution in [0.2, 0.25) is 0 Å². The third kappa shape index (κ3) is 7.29. The summed E-state index contributed by atoms with van der Waals surface area (Å²) in [6.07, 6.45) is 1.41. The number of nitro benzene ring substituents is 1. The first kappa shape index (κ1) is 25.7. The Bertz CT molecular complexity index is 1240. The zero-order chi connectivity index (χ0) is 25.9. The molecule has 0 atom stereocenters. The predicted octanol–water partition coefficient (Wildman–Crippen LogP) is 3.78. The highest BCUT2D eigenvalue weighted by Crippen LogP contribution is 2.28. The molecule has 186 valence electrons. The van der Waals surface area contributed by atoms with E-state index in [1.165, 1.54) is 30.5 Å². The maximum Gasteiger partial charge on any atom is 0.271 e. The predicted molar refractivity (Wildman–Crippen MR) is 133 cm³/mol. The Morgan fingerprint density at radius 1 is 1.00 bits per heavy atom. The molecule has 0 unspecified atom stereocenters. The highest BCUT2D eigenvalue weighted by molar-refractivity contribution is 5.95. The van der Waals surface area contributed by atoms with Crippen molar-refractivity contribution in [2.75, 3.05) is 25.6 Å². The Morgan fingerprint density at radius 3 is 2.36 bits per heavy atom. The first-order valence-electron chi connectivity index (χ1n) is 10.8. The fourth-order valence-electron chi connectivity index (χ4n) is 2.97. The largest absolute Gasteiger partial charge is 0.497 e. The molecule has 0 aliphatic rings. The Morgan fingerprint density at radius 2 is 1.72 bits per heavy atom. The zero-order valence-electron chi connectivity index (χ0n) is 19.6. The minimum Gasteiger partial charge on any atom is -0.497 e. The summed E-state index contributed by atoms with van der Waals surface area (Å²) in [6.45, 7) is 1.95. The van der Waals surface area contributed by atoms with Crippen molar-refractivity contribution in [1.29, 1.82) is 0 Å². The third-order valence-electron chi connectivity index (χ3n) is 4.72. The van der Waals surface area contributed by atoms with Crippen LogP contribution in [0.25, 0.3) is 0 Å². The van der Waals surface area contributed by atoms with Crippen LogP contribution in [0.15, 0.2) is 71.8 Å². The molecule has 0 aliphatic carbocycles. The van der Waals surface area contributed by atoms with Crippen molar-refractivity contribution in [3.63, 3.8) is 0 Å². The second kappa shape index (κ2) is 12.5. The fourth-order valence-corrected chi connectivity index (χ4v) is 2.97. The van der Waals surface area contributed by atoms with Gasteiger partial charge in [0.05, 0.1) is 24.9 Å². The molecular weight excluding hydrogens is 468 g/mol. The van der Waals surface area contributed by atoms with Crippen molar-refractivity contribution in [2.24, 2.45) is 5.10 Å². The number of hydrogen-bond donors (Lipinski definition) is 2. The van der Waals surface area contributed by atoms with Gasteiger partial charge < -0.3 is 19.5 Å². The van der Waals surface area contributed by atoms with Crippen LogP contribution in [-0.2, 0) is 4.79 Å². The number of carbonyl (C=O) groups excluding carboxylic acids is 2. The van der Waals surface area contributed by atoms with Gasteiger partial charge in [-0.15, -0.1) is 0 Å². The summed E-state index contributed by atoms with van der Waals surface area (Å²) in [5.41, 5.74) is 3.69. The standard InChI is InChI=1S/C25H24N4O7/c1-3-35-23-14-17(15-26-28-25(31)18-5-9-20(10-6-18)29(32)33)4-13-22(23)36-16-24(30)27-19-7-11-21(34-2)12-8-19/h4-15H,3,16H2,1-2H3,(H,27,30)(H,28,31). The normalized spacial score (nSPS) is 10.5. The number of benzene rings is 3. The number of hydrazone groups is 1. The maximum absolute atomic E-state index is 12.2. The molecule has 3 aromatic carbocycles. The number of anilines is 1. The van der Waals surface area contributed by atoms with Crippen LogP contribution in [0.3, 0.4) is 0 Å². The summed E-state index contributed by atoms with van der Waals surface area (Å²) in [5.74, 6) is 0.588. The van der Waals surface area contributed by atoms with Gasteiger partial charge in [-0.2, -0.15) is 5.10 Å². The van der Waals surface area contributed by atoms with Gasteiger partial charge in [0, 0.05) is 23.4 Å². The number of rotatable bonds is 11. The van der Waals surface area contributed by atoms with Crippen molar-refractivity contribution in [3.05, 3.63) is 88.0 Å². The van der Waals surface area contributed by atoms with E-state index in [-0.39, 0.29) is 23.8 Å². The van der Waals surface area contributed by atoms with E-state index in [9.17, 15) is 19.7 Å². The molecule has 0 bridgehead atoms. The first-order chi connectivity index (χ1) is 17.4. The average molecular weight is 492 g/mol. The van der Waals surface area contributed by atoms with Crippen LogP contribution >= 0.6 is 0 Å². The van der Waals surface area contributed by atoms with Crippen LogP contribution < -0.4 is 25.0 Å². The number of ether oxygens (including phenoxy) is 3. The molecule has 36 heavy (non-hydrogen) atoms. The van der Waals surface area contributed by atoms with Crippen LogP contribution in [-0.4, -0.2) is 43.3 Å². The number of nitrogens with one attached hydrogen (secondary N) is 2. The molecule has 0 heterocycles. The third-order valence-corrected chi connectivity index (χ3v) is 4.72. The monoisotopic (exact) mass is 492 g/mol. The second-order valence-corrected chi connectivity index (χ2v) is 7.21. The fraction of sp³-hybridized carbons (Fsp3) is 0.160. The minimum absolute atomic E-state index is 0.112. The van der Waals surface area contributed by atoms with Crippen LogP contribution in [0.5, 0.6) is 17.2 Å². The summed E-state index contributed by atoms with van der Waals surface area (Å²) in [7, 11) is 1.56. The summed E-state index contributed by atoms with van der Waals surface area (Å²) in [4.78, 5) is 34.6. The molecule has 0 aromatic heterocycles. The first-order valence-corrected chi connectivity index (χ1v) is 10.8. The number of hydrogen-bond acceptors (Lipinski definition) is 8. The van der Waals surface area contributed by atoms with Gasteiger partial charge in [0.2, 0.25) is 0 Å². The number of nitrogens with zero attached hydrogens (tertiary/aromatic N) is 2. The Kier molecular flexibility index (Phi) is 8.93. The van der Waals surface area contributed by atoms with E-state index in [1.807, 2.05) is 6.92 Å². The quantitative estimate of drug-likeness (QED) is 0.236. The van der Waals surface area contributed by atoms with Crippen molar-refractivity contribution < 1.29 is 28.7 Å². The SMILES string of the molecule is CCOc1cc(C=NNC(=O)c2ccc([N+](=O)[O-])cc2)ccc1OCC(=O)Nc1ccc(OC)cc1. The number of nitro groups is 1. The van der Waals surface area contributed by atoms with Gasteiger partial charge in [0.1, 0.15) is 5.75 Å². The van der Waals surface area contributed by atoms with Gasteiger partial charge >= 0.3 is 0 Å². The highest BCUT2D eigenvalue weighted by atomic mass is 16.6. The van der Waals surface area contributed by atoms with Crippen LogP contribution in [0, 0.1) is 10.1 Å². The van der Waals surface area contributed by atoms with E-state index in [4.69, 9.17) is 14.2 Å². The number of amides is 2. The lowest BCUT2D eigenvalue weighted by Gasteiger charge is -2.13. The van der Waals surface area contributed by atoms with E-state index >= 15 is 0 Å². The van der Waals surface area contributed by atoms with Crippen molar-refractivity contribution in [1.82, 2.24) is 5.43 Å². The maximum atomic E-state index is 12.2. The zero-order valence-corrected chi connectivity index (χ0v) is 19.6. The summed E-state index contributed by atoms with van der Waals surface area (Å²) >= 11 is 0. The van der Waals surface area contributed by atoms with Crippen LogP contribution in [0.1, 0.15) is 22.8 Å². The Balaban J connectivity index is 1.58. The van der Waals surface area contributed by atoms with Gasteiger partial charge in [-0.25, -0.2) is 5.43 Å². The van der Waals surface area contributed by atoms with E-state index < -0.39 is 10.8 Å². The molecule has 3 rings (SSSR count). The lowest BCUT2D eigenvalue weighted by molar-refractivity contribution is -0.384. The van der Waals surface area contributed by atoms with E-state index in [0.717, 1.165) is 0 Å². The van der Waals surface area contributed by atoms with E-state index in [1.54, 1.807) is 49.6 Å². The van der Waals surface area contributed by atoms with Crippen LogP contribution in [0.4, 0.5) is 11.4 Å². The number of carbonyl (C=O) groups is 2. The molecule has 0 saturated carbocycles. The molecule has 0 spiro atoms. The lowest BCUT2D eigenvalue weighted by atomic mass is 10.2. The molecule has 0 fully saturated rings. The molecule has 2 amide bonds. The van der Waals surface area contributed by atoms with Gasteiger partial charge in [-0.1, -0.05) is 0 Å². The van der Waals surface area contributed by atoms with Crippen molar-refractivity contribution >= 4 is 29.4 Å². The summed E-state index contributed by atoms with van der Waals surface area (Å²) in [6, 6.07) is 17.0. The topological polar surface area (TPSA) is 141 Å². The molecule has 0 saturated heterocycles. The summed E-state index contributed by atoms with van der Waals surface area (Å²) in [5, 5.41) is 17.4. The van der Waals surface area contributed by atoms with E-state index in [2.05, 4.69) is 15.8 Å². The van der Waals surface area contributed by atoms with Crippen molar-refractivity contribution in [3.8, 4) is 17.2 Å². The molecular formula is C25H24N4O7. The average Bonchev–Trinajstić information content (AvgIpc) is 2.89. The van der Waals surface area contributed by atoms with Gasteiger partial charge in [0.15, 0.2) is 18.1 Å². The molecule has 3 aromatic rings. The molecule has 2 N–H and O–H groups in total.